The van der Waals surface area contributed by atoms with Crippen LogP contribution in [-0.2, 0) is 11.3 Å². The maximum absolute atomic E-state index is 12.7. The van der Waals surface area contributed by atoms with Crippen molar-refractivity contribution in [2.75, 3.05) is 25.1 Å². The van der Waals surface area contributed by atoms with E-state index < -0.39 is 0 Å². The zero-order valence-electron chi connectivity index (χ0n) is 17.6. The molecule has 5 nitrogen and oxygen atoms in total. The Kier molecular flexibility index (Phi) is 6.70. The van der Waals surface area contributed by atoms with E-state index in [1.807, 2.05) is 55.6 Å². The van der Waals surface area contributed by atoms with Gasteiger partial charge in [-0.05, 0) is 60.9 Å². The number of carbonyl (C=O) groups excluding carboxylic acids is 1. The molecule has 0 unspecified atom stereocenters. The molecule has 29 heavy (non-hydrogen) atoms. The van der Waals surface area contributed by atoms with Gasteiger partial charge in [-0.3, -0.25) is 4.79 Å². The van der Waals surface area contributed by atoms with Crippen molar-refractivity contribution in [1.29, 1.82) is 0 Å². The quantitative estimate of drug-likeness (QED) is 0.614. The molecule has 3 aromatic rings. The summed E-state index contributed by atoms with van der Waals surface area (Å²) in [7, 11) is 1.66. The van der Waals surface area contributed by atoms with Gasteiger partial charge in [0.15, 0.2) is 0 Å². The fourth-order valence-corrected chi connectivity index (χ4v) is 3.39. The van der Waals surface area contributed by atoms with Crippen LogP contribution in [0.1, 0.15) is 37.8 Å². The first-order valence-electron chi connectivity index (χ1n) is 10.1. The van der Waals surface area contributed by atoms with Crippen LogP contribution in [0.5, 0.6) is 5.75 Å². The molecule has 0 fully saturated rings. The van der Waals surface area contributed by atoms with Gasteiger partial charge in [-0.25, -0.2) is 4.98 Å². The van der Waals surface area contributed by atoms with Gasteiger partial charge in [-0.2, -0.15) is 0 Å². The highest BCUT2D eigenvalue weighted by Crippen LogP contribution is 2.25. The number of hydrogen-bond donors (Lipinski definition) is 1. The standard InChI is InChI=1S/C24H29N3O2/c1-5-27(6-2)23-12-7-18(15-25-23)16-26-24(28)17(3)19-8-9-21-14-22(29-4)11-10-20(21)13-19/h7-15,17H,5-6,16H2,1-4H3,(H,26,28)/t17-/m0/s1. The summed E-state index contributed by atoms with van der Waals surface area (Å²) in [5.74, 6) is 1.57. The Morgan fingerprint density at radius 2 is 1.79 bits per heavy atom. The van der Waals surface area contributed by atoms with E-state index in [2.05, 4.69) is 35.1 Å². The molecule has 0 aliphatic rings. The van der Waals surface area contributed by atoms with Crippen LogP contribution in [0.3, 0.4) is 0 Å². The van der Waals surface area contributed by atoms with Crippen LogP contribution >= 0.6 is 0 Å². The van der Waals surface area contributed by atoms with Crippen molar-refractivity contribution in [3.8, 4) is 5.75 Å². The highest BCUT2D eigenvalue weighted by Gasteiger charge is 2.15. The smallest absolute Gasteiger partial charge is 0.227 e. The van der Waals surface area contributed by atoms with Crippen LogP contribution in [0, 0.1) is 0 Å². The van der Waals surface area contributed by atoms with Gasteiger partial charge < -0.3 is 15.0 Å². The summed E-state index contributed by atoms with van der Waals surface area (Å²) in [6.07, 6.45) is 1.84. The summed E-state index contributed by atoms with van der Waals surface area (Å²) in [4.78, 5) is 19.4. The Labute approximate surface area is 172 Å². The molecular weight excluding hydrogens is 362 g/mol. The average Bonchev–Trinajstić information content (AvgIpc) is 2.77. The number of aromatic nitrogens is 1. The Balaban J connectivity index is 1.63. The molecule has 1 atom stereocenters. The minimum atomic E-state index is -0.232. The van der Waals surface area contributed by atoms with Crippen LogP contribution in [-0.4, -0.2) is 31.1 Å². The molecule has 5 heteroatoms. The number of hydrogen-bond acceptors (Lipinski definition) is 4. The van der Waals surface area contributed by atoms with Crippen LogP contribution in [0.4, 0.5) is 5.82 Å². The van der Waals surface area contributed by atoms with Gasteiger partial charge in [-0.15, -0.1) is 0 Å². The summed E-state index contributed by atoms with van der Waals surface area (Å²) in [5, 5.41) is 5.22. The number of anilines is 1. The molecule has 1 heterocycles. The Bertz CT molecular complexity index is 966. The van der Waals surface area contributed by atoms with Crippen LogP contribution in [0.2, 0.25) is 0 Å². The first-order valence-corrected chi connectivity index (χ1v) is 10.1. The second-order valence-electron chi connectivity index (χ2n) is 7.11. The largest absolute Gasteiger partial charge is 0.497 e. The number of nitrogens with one attached hydrogen (secondary N) is 1. The summed E-state index contributed by atoms with van der Waals surface area (Å²) in [6.45, 7) is 8.49. The predicted molar refractivity (Wildman–Crippen MR) is 119 cm³/mol. The summed E-state index contributed by atoms with van der Waals surface area (Å²) < 4.78 is 5.27. The number of benzene rings is 2. The van der Waals surface area contributed by atoms with E-state index in [0.717, 1.165) is 46.6 Å². The molecule has 0 spiro atoms. The van der Waals surface area contributed by atoms with E-state index in [9.17, 15) is 4.79 Å². The van der Waals surface area contributed by atoms with Crippen molar-refractivity contribution < 1.29 is 9.53 Å². The monoisotopic (exact) mass is 391 g/mol. The fourth-order valence-electron chi connectivity index (χ4n) is 3.39. The molecule has 1 amide bonds. The van der Waals surface area contributed by atoms with E-state index in [-0.39, 0.29) is 11.8 Å². The number of rotatable bonds is 8. The summed E-state index contributed by atoms with van der Waals surface area (Å²) in [5.41, 5.74) is 1.99. The summed E-state index contributed by atoms with van der Waals surface area (Å²) in [6, 6.07) is 16.1. The molecule has 0 aliphatic carbocycles. The Morgan fingerprint density at radius 1 is 1.07 bits per heavy atom. The lowest BCUT2D eigenvalue weighted by molar-refractivity contribution is -0.122. The minimum absolute atomic E-state index is 0.00526. The highest BCUT2D eigenvalue weighted by atomic mass is 16.5. The number of carbonyl (C=O) groups is 1. The van der Waals surface area contributed by atoms with E-state index in [1.165, 1.54) is 0 Å². The lowest BCUT2D eigenvalue weighted by Gasteiger charge is -2.19. The van der Waals surface area contributed by atoms with Gasteiger partial charge in [0.05, 0.1) is 13.0 Å². The number of fused-ring (bicyclic) bond motifs is 1. The third-order valence-electron chi connectivity index (χ3n) is 5.33. The predicted octanol–water partition coefficient (Wildman–Crippen LogP) is 4.51. The first-order chi connectivity index (χ1) is 14.0. The molecular formula is C24H29N3O2. The molecule has 3 rings (SSSR count). The molecule has 0 bridgehead atoms. The molecule has 0 radical (unpaired) electrons. The zero-order valence-corrected chi connectivity index (χ0v) is 17.6. The zero-order chi connectivity index (χ0) is 20.8. The van der Waals surface area contributed by atoms with E-state index in [0.29, 0.717) is 6.54 Å². The van der Waals surface area contributed by atoms with Crippen LogP contribution in [0.25, 0.3) is 10.8 Å². The highest BCUT2D eigenvalue weighted by molar-refractivity contribution is 5.88. The molecule has 0 saturated carbocycles. The number of methoxy groups -OCH3 is 1. The van der Waals surface area contributed by atoms with Crippen molar-refractivity contribution in [3.05, 3.63) is 65.9 Å². The van der Waals surface area contributed by atoms with E-state index >= 15 is 0 Å². The maximum Gasteiger partial charge on any atom is 0.227 e. The van der Waals surface area contributed by atoms with Gasteiger partial charge in [-0.1, -0.05) is 30.3 Å². The van der Waals surface area contributed by atoms with Gasteiger partial charge in [0.25, 0.3) is 0 Å². The van der Waals surface area contributed by atoms with Crippen LogP contribution < -0.4 is 15.0 Å². The lowest BCUT2D eigenvalue weighted by Crippen LogP contribution is -2.27. The Morgan fingerprint density at radius 3 is 2.45 bits per heavy atom. The average molecular weight is 392 g/mol. The number of pyridine rings is 1. The Hall–Kier alpha value is -3.08. The van der Waals surface area contributed by atoms with E-state index in [1.54, 1.807) is 7.11 Å². The first kappa shape index (κ1) is 20.6. The van der Waals surface area contributed by atoms with Crippen molar-refractivity contribution in [2.24, 2.45) is 0 Å². The third kappa shape index (κ3) is 4.86. The number of nitrogens with zero attached hydrogens (tertiary/aromatic N) is 2. The molecule has 2 aromatic carbocycles. The van der Waals surface area contributed by atoms with Crippen molar-refractivity contribution in [2.45, 2.75) is 33.2 Å². The second-order valence-corrected chi connectivity index (χ2v) is 7.11. The number of ether oxygens (including phenoxy) is 1. The normalized spacial score (nSPS) is 11.9. The maximum atomic E-state index is 12.7. The van der Waals surface area contributed by atoms with Gasteiger partial charge in [0, 0.05) is 25.8 Å². The van der Waals surface area contributed by atoms with Crippen molar-refractivity contribution in [3.63, 3.8) is 0 Å². The second kappa shape index (κ2) is 9.41. The molecule has 1 aromatic heterocycles. The topological polar surface area (TPSA) is 54.5 Å². The molecule has 0 aliphatic heterocycles. The SMILES string of the molecule is CCN(CC)c1ccc(CNC(=O)[C@@H](C)c2ccc3cc(OC)ccc3c2)cn1. The van der Waals surface area contributed by atoms with Crippen LogP contribution in [0.15, 0.2) is 54.7 Å². The minimum Gasteiger partial charge on any atom is -0.497 e. The van der Waals surface area contributed by atoms with Gasteiger partial charge in [0.1, 0.15) is 11.6 Å². The summed E-state index contributed by atoms with van der Waals surface area (Å²) >= 11 is 0. The van der Waals surface area contributed by atoms with E-state index in [4.69, 9.17) is 4.74 Å². The van der Waals surface area contributed by atoms with Crippen molar-refractivity contribution >= 4 is 22.5 Å². The molecule has 1 N–H and O–H groups in total. The van der Waals surface area contributed by atoms with Crippen molar-refractivity contribution in [1.82, 2.24) is 10.3 Å². The molecule has 0 saturated heterocycles. The van der Waals surface area contributed by atoms with Gasteiger partial charge >= 0.3 is 0 Å². The molecule has 152 valence electrons. The third-order valence-corrected chi connectivity index (χ3v) is 5.33. The fraction of sp³-hybridized carbons (Fsp3) is 0.333. The number of amides is 1. The lowest BCUT2D eigenvalue weighted by atomic mass is 9.97. The van der Waals surface area contributed by atoms with Gasteiger partial charge in [0.2, 0.25) is 5.91 Å².